The van der Waals surface area contributed by atoms with Crippen LogP contribution >= 0.6 is 0 Å². The average Bonchev–Trinajstić information content (AvgIpc) is 3.23. The molecule has 3 rings (SSSR count). The monoisotopic (exact) mass is 627 g/mol. The van der Waals surface area contributed by atoms with Gasteiger partial charge in [-0.05, 0) is 59.7 Å². The third-order valence-electron chi connectivity index (χ3n) is 6.70. The van der Waals surface area contributed by atoms with Crippen LogP contribution in [0.3, 0.4) is 0 Å². The number of nitrogens with zero attached hydrogens (tertiary/aromatic N) is 4. The van der Waals surface area contributed by atoms with Crippen molar-refractivity contribution in [3.8, 4) is 5.75 Å². The second-order valence-electron chi connectivity index (χ2n) is 10.6. The smallest absolute Gasteiger partial charge is 0.412 e. The first kappa shape index (κ1) is 32.8. The van der Waals surface area contributed by atoms with Crippen LogP contribution in [0.4, 0.5) is 38.1 Å². The molecular weight excluding hydrogens is 597 g/mol. The summed E-state index contributed by atoms with van der Waals surface area (Å²) in [6.07, 6.45) is -7.60. The van der Waals surface area contributed by atoms with Crippen LogP contribution in [0.5, 0.6) is 5.75 Å². The van der Waals surface area contributed by atoms with Gasteiger partial charge in [-0.2, -0.15) is 27.1 Å². The zero-order chi connectivity index (χ0) is 32.2. The van der Waals surface area contributed by atoms with Crippen molar-refractivity contribution in [2.45, 2.75) is 82.4 Å². The predicted octanol–water partition coefficient (Wildman–Crippen LogP) is 3.64. The molecule has 2 aromatic rings. The molecule has 1 aliphatic heterocycles. The maximum Gasteiger partial charge on any atom is 0.412 e. The number of nitrogens with one attached hydrogen (secondary N) is 1. The number of alkyl halides is 5. The lowest BCUT2D eigenvalue weighted by Crippen LogP contribution is -2.57. The fraction of sp³-hybridized carbons (Fsp3) is 0.542. The first-order valence-corrected chi connectivity index (χ1v) is 13.8. The maximum atomic E-state index is 14.0. The molecule has 0 radical (unpaired) electrons. The molecule has 0 saturated heterocycles. The number of hydrogen-bond donors (Lipinski definition) is 3. The van der Waals surface area contributed by atoms with E-state index in [1.165, 1.54) is 20.8 Å². The van der Waals surface area contributed by atoms with Gasteiger partial charge in [0.25, 0.3) is 15.9 Å². The van der Waals surface area contributed by atoms with Crippen molar-refractivity contribution in [2.24, 2.45) is 0 Å². The summed E-state index contributed by atoms with van der Waals surface area (Å²) in [6.45, 7) is 2.61. The van der Waals surface area contributed by atoms with Gasteiger partial charge in [0.2, 0.25) is 0 Å². The summed E-state index contributed by atoms with van der Waals surface area (Å²) in [4.78, 5) is 23.6. The van der Waals surface area contributed by atoms with Crippen molar-refractivity contribution in [3.63, 3.8) is 0 Å². The standard InChI is InChI=1S/C24H30F5N5O7S/c1-12-18(11-32(31-12)20(25)26)42(39,40)34-13(2)17(10-30-19(35)22(3,4)38)41-16-8-7-14(9-15(16)34)33(21(36)37)23(5,6)24(27,28)29/h7-9,11,13,17,20,38H,10H2,1-6H3,(H,30,35)(H,36,37)/t13-,17+/m1/s1. The summed E-state index contributed by atoms with van der Waals surface area (Å²) < 4.78 is 103. The molecule has 0 saturated carbocycles. The van der Waals surface area contributed by atoms with Crippen molar-refractivity contribution in [2.75, 3.05) is 15.7 Å². The Labute approximate surface area is 237 Å². The number of carboxylic acid groups (broad SMARTS) is 1. The van der Waals surface area contributed by atoms with Crippen LogP contribution in [0.15, 0.2) is 29.3 Å². The van der Waals surface area contributed by atoms with Crippen molar-refractivity contribution >= 4 is 33.4 Å². The molecule has 2 atom stereocenters. The number of aryl methyl sites for hydroxylation is 1. The lowest BCUT2D eigenvalue weighted by atomic mass is 10.0. The zero-order valence-electron chi connectivity index (χ0n) is 23.3. The molecule has 1 aromatic heterocycles. The number of halogens is 5. The molecule has 0 spiro atoms. The number of carbonyl (C=O) groups is 2. The van der Waals surface area contributed by atoms with Crippen LogP contribution in [0.1, 0.15) is 46.9 Å². The Morgan fingerprint density at radius 3 is 2.26 bits per heavy atom. The SMILES string of the molecule is Cc1nn(C(F)F)cc1S(=O)(=O)N1c2cc(N(C(=O)O)C(C)(C)C(F)(F)F)ccc2O[C@@H](CNC(=O)C(C)(C)O)[C@H]1C. The third kappa shape index (κ3) is 5.95. The van der Waals surface area contributed by atoms with E-state index in [-0.39, 0.29) is 27.6 Å². The van der Waals surface area contributed by atoms with E-state index in [4.69, 9.17) is 4.74 Å². The number of ether oxygens (including phenoxy) is 1. The summed E-state index contributed by atoms with van der Waals surface area (Å²) in [5, 5.41) is 25.6. The van der Waals surface area contributed by atoms with Gasteiger partial charge in [-0.1, -0.05) is 0 Å². The Hall–Kier alpha value is -3.67. The molecule has 0 bridgehead atoms. The van der Waals surface area contributed by atoms with Crippen LogP contribution in [0.2, 0.25) is 0 Å². The summed E-state index contributed by atoms with van der Waals surface area (Å²) >= 11 is 0. The Bertz CT molecular complexity index is 1470. The summed E-state index contributed by atoms with van der Waals surface area (Å²) in [7, 11) is -4.81. The molecule has 12 nitrogen and oxygen atoms in total. The van der Waals surface area contributed by atoms with Crippen molar-refractivity contribution < 1.29 is 54.9 Å². The molecule has 1 aromatic carbocycles. The zero-order valence-corrected chi connectivity index (χ0v) is 24.1. The van der Waals surface area contributed by atoms with Gasteiger partial charge in [0.05, 0.1) is 35.9 Å². The van der Waals surface area contributed by atoms with Crippen LogP contribution < -0.4 is 19.3 Å². The minimum atomic E-state index is -5.04. The van der Waals surface area contributed by atoms with Gasteiger partial charge in [0.15, 0.2) is 0 Å². The van der Waals surface area contributed by atoms with E-state index in [1.807, 2.05) is 0 Å². The normalized spacial score (nSPS) is 18.0. The highest BCUT2D eigenvalue weighted by molar-refractivity contribution is 7.93. The van der Waals surface area contributed by atoms with Crippen LogP contribution in [-0.2, 0) is 14.8 Å². The van der Waals surface area contributed by atoms with Gasteiger partial charge in [0, 0.05) is 0 Å². The summed E-state index contributed by atoms with van der Waals surface area (Å²) in [5.41, 5.74) is -6.03. The van der Waals surface area contributed by atoms with Crippen molar-refractivity contribution in [1.82, 2.24) is 15.1 Å². The van der Waals surface area contributed by atoms with Crippen LogP contribution in [-0.4, -0.2) is 76.4 Å². The fourth-order valence-corrected chi connectivity index (χ4v) is 6.08. The maximum absolute atomic E-state index is 14.0. The second kappa shape index (κ2) is 10.9. The van der Waals surface area contributed by atoms with Gasteiger partial charge >= 0.3 is 18.8 Å². The molecule has 2 amide bonds. The van der Waals surface area contributed by atoms with Gasteiger partial charge in [-0.3, -0.25) is 14.0 Å². The molecule has 3 N–H and O–H groups in total. The number of hydrogen-bond acceptors (Lipinski definition) is 7. The summed E-state index contributed by atoms with van der Waals surface area (Å²) in [5.74, 6) is -1.05. The Morgan fingerprint density at radius 2 is 1.79 bits per heavy atom. The quantitative estimate of drug-likeness (QED) is 0.375. The van der Waals surface area contributed by atoms with E-state index in [0.29, 0.717) is 24.3 Å². The van der Waals surface area contributed by atoms with Crippen molar-refractivity contribution in [3.05, 3.63) is 30.1 Å². The molecule has 0 unspecified atom stereocenters. The van der Waals surface area contributed by atoms with E-state index < -0.39 is 74.3 Å². The number of rotatable bonds is 8. The Balaban J connectivity index is 2.22. The average molecular weight is 628 g/mol. The molecule has 1 aliphatic rings. The van der Waals surface area contributed by atoms with Gasteiger partial charge in [-0.15, -0.1) is 0 Å². The molecule has 234 valence electrons. The van der Waals surface area contributed by atoms with Crippen LogP contribution in [0.25, 0.3) is 0 Å². The number of fused-ring (bicyclic) bond motifs is 1. The minimum Gasteiger partial charge on any atom is -0.484 e. The highest BCUT2D eigenvalue weighted by atomic mass is 32.2. The molecule has 0 aliphatic carbocycles. The number of benzene rings is 1. The second-order valence-corrected chi connectivity index (χ2v) is 12.4. The highest BCUT2D eigenvalue weighted by Gasteiger charge is 2.54. The molecule has 0 fully saturated rings. The fourth-order valence-electron chi connectivity index (χ4n) is 4.24. The summed E-state index contributed by atoms with van der Waals surface area (Å²) in [6, 6.07) is 1.65. The first-order chi connectivity index (χ1) is 19.0. The number of sulfonamides is 1. The largest absolute Gasteiger partial charge is 0.484 e. The predicted molar refractivity (Wildman–Crippen MR) is 138 cm³/mol. The molecule has 18 heteroatoms. The van der Waals surface area contributed by atoms with E-state index in [9.17, 15) is 50.2 Å². The molecule has 2 heterocycles. The van der Waals surface area contributed by atoms with Gasteiger partial charge in [0.1, 0.15) is 27.9 Å². The van der Waals surface area contributed by atoms with Gasteiger partial charge < -0.3 is 20.3 Å². The number of amides is 2. The lowest BCUT2D eigenvalue weighted by Gasteiger charge is -2.42. The van der Waals surface area contributed by atoms with Crippen molar-refractivity contribution in [1.29, 1.82) is 0 Å². The first-order valence-electron chi connectivity index (χ1n) is 12.3. The van der Waals surface area contributed by atoms with E-state index >= 15 is 0 Å². The number of carbonyl (C=O) groups excluding carboxylic acids is 1. The molecule has 42 heavy (non-hydrogen) atoms. The number of anilines is 2. The van der Waals surface area contributed by atoms with E-state index in [1.54, 1.807) is 0 Å². The Morgan fingerprint density at radius 1 is 1.19 bits per heavy atom. The van der Waals surface area contributed by atoms with E-state index in [0.717, 1.165) is 25.1 Å². The highest BCUT2D eigenvalue weighted by Crippen LogP contribution is 2.45. The van der Waals surface area contributed by atoms with E-state index in [2.05, 4.69) is 10.4 Å². The number of aromatic nitrogens is 2. The van der Waals surface area contributed by atoms with Crippen LogP contribution in [0, 0.1) is 6.92 Å². The van der Waals surface area contributed by atoms with Gasteiger partial charge in [-0.25, -0.2) is 17.9 Å². The minimum absolute atomic E-state index is 0.0124. The Kier molecular flexibility index (Phi) is 8.50. The topological polar surface area (TPSA) is 154 Å². The third-order valence-corrected chi connectivity index (χ3v) is 8.70. The lowest BCUT2D eigenvalue weighted by molar-refractivity contribution is -0.175. The molecular formula is C24H30F5N5O7S. The number of aliphatic hydroxyl groups is 1.